The van der Waals surface area contributed by atoms with Crippen molar-refractivity contribution in [1.82, 2.24) is 20.8 Å². The largest absolute Gasteiger partial charge is 0.467 e. The number of hydrazone groups is 2. The summed E-state index contributed by atoms with van der Waals surface area (Å²) in [5.41, 5.74) is 8.96. The Morgan fingerprint density at radius 3 is 1.50 bits per heavy atom. The first-order chi connectivity index (χ1) is 21.3. The van der Waals surface area contributed by atoms with E-state index in [0.29, 0.717) is 33.6 Å². The number of hydrogen-bond donors (Lipinski definition) is 2. The Bertz CT molecular complexity index is 1500. The molecule has 0 spiro atoms. The van der Waals surface area contributed by atoms with Crippen molar-refractivity contribution in [1.29, 1.82) is 10.5 Å². The molecule has 0 radical (unpaired) electrons. The molecule has 3 rings (SSSR count). The minimum absolute atomic E-state index is 0.0487. The molecule has 0 bridgehead atoms. The van der Waals surface area contributed by atoms with Crippen molar-refractivity contribution in [3.63, 3.8) is 0 Å². The molecule has 1 aromatic carbocycles. The van der Waals surface area contributed by atoms with Crippen LogP contribution in [0.3, 0.4) is 0 Å². The lowest BCUT2D eigenvalue weighted by Crippen LogP contribution is -2.25. The third-order valence-electron chi connectivity index (χ3n) is 5.64. The van der Waals surface area contributed by atoms with E-state index in [9.17, 15) is 20.1 Å². The van der Waals surface area contributed by atoms with Crippen LogP contribution in [0, 0.1) is 36.5 Å². The molecular weight excluding hydrogens is 568 g/mol. The molecule has 226 valence electrons. The first-order valence-corrected chi connectivity index (χ1v) is 13.1. The first-order valence-electron chi connectivity index (χ1n) is 13.1. The molecule has 3 aromatic rings. The maximum absolute atomic E-state index is 12.2. The highest BCUT2D eigenvalue weighted by Crippen LogP contribution is 2.22. The number of benzene rings is 1. The van der Waals surface area contributed by atoms with Gasteiger partial charge in [-0.15, -0.1) is 0 Å². The lowest BCUT2D eigenvalue weighted by Gasteiger charge is -2.10. The molecule has 0 atom stereocenters. The maximum atomic E-state index is 12.2. The van der Waals surface area contributed by atoms with Gasteiger partial charge in [0.2, 0.25) is 11.8 Å². The van der Waals surface area contributed by atoms with E-state index in [1.54, 1.807) is 50.2 Å². The Morgan fingerprint density at radius 1 is 0.773 bits per heavy atom. The van der Waals surface area contributed by atoms with Crippen molar-refractivity contribution in [3.8, 4) is 23.9 Å². The molecule has 2 N–H and O–H groups in total. The predicted octanol–water partition coefficient (Wildman–Crippen LogP) is 2.19. The van der Waals surface area contributed by atoms with Gasteiger partial charge in [0.25, 0.3) is 11.8 Å². The van der Waals surface area contributed by atoms with Gasteiger partial charge in [-0.2, -0.15) is 20.7 Å². The summed E-state index contributed by atoms with van der Waals surface area (Å²) in [4.78, 5) is 32.7. The van der Waals surface area contributed by atoms with E-state index < -0.39 is 25.0 Å². The number of hydrogen-bond acceptors (Lipinski definition) is 12. The lowest BCUT2D eigenvalue weighted by molar-refractivity contribution is -0.123. The lowest BCUT2D eigenvalue weighted by atomic mass is 10.1. The number of carbonyl (C=O) groups excluding carboxylic acids is 2. The Morgan fingerprint density at radius 2 is 1.16 bits per heavy atom. The summed E-state index contributed by atoms with van der Waals surface area (Å²) in [5, 5.41) is 26.7. The highest BCUT2D eigenvalue weighted by Gasteiger charge is 2.15. The zero-order chi connectivity index (χ0) is 31.9. The maximum Gasteiger partial charge on any atom is 0.278 e. The molecule has 0 saturated carbocycles. The number of methoxy groups -OCH3 is 2. The third-order valence-corrected chi connectivity index (χ3v) is 5.64. The molecule has 2 amide bonds. The summed E-state index contributed by atoms with van der Waals surface area (Å²) < 4.78 is 21.1. The van der Waals surface area contributed by atoms with Crippen LogP contribution < -0.4 is 20.3 Å². The average Bonchev–Trinajstić information content (AvgIpc) is 3.00. The van der Waals surface area contributed by atoms with Crippen molar-refractivity contribution in [3.05, 3.63) is 81.2 Å². The number of rotatable bonds is 14. The zero-order valence-electron chi connectivity index (χ0n) is 24.6. The predicted molar refractivity (Wildman–Crippen MR) is 158 cm³/mol. The summed E-state index contributed by atoms with van der Waals surface area (Å²) in [6.45, 7) is 3.13. The van der Waals surface area contributed by atoms with Gasteiger partial charge in [0, 0.05) is 36.7 Å². The van der Waals surface area contributed by atoms with Gasteiger partial charge in [0.15, 0.2) is 13.2 Å². The number of carbonyl (C=O) groups is 2. The van der Waals surface area contributed by atoms with Crippen molar-refractivity contribution >= 4 is 24.2 Å². The van der Waals surface area contributed by atoms with Gasteiger partial charge >= 0.3 is 0 Å². The number of pyridine rings is 2. The second-order valence-electron chi connectivity index (χ2n) is 9.13. The van der Waals surface area contributed by atoms with E-state index >= 15 is 0 Å². The van der Waals surface area contributed by atoms with Crippen LogP contribution in [0.15, 0.2) is 46.6 Å². The highest BCUT2D eigenvalue weighted by molar-refractivity contribution is 5.86. The van der Waals surface area contributed by atoms with Crippen LogP contribution in [0.2, 0.25) is 0 Å². The van der Waals surface area contributed by atoms with Crippen molar-refractivity contribution in [2.75, 3.05) is 27.4 Å². The van der Waals surface area contributed by atoms with Gasteiger partial charge in [-0.05, 0) is 37.1 Å². The Labute approximate surface area is 253 Å². The minimum Gasteiger partial charge on any atom is -0.467 e. The molecule has 14 heteroatoms. The van der Waals surface area contributed by atoms with E-state index in [2.05, 4.69) is 31.0 Å². The molecule has 0 saturated heterocycles. The SMILES string of the molecule is COCc1cc(C)nc(OCC(=O)N/N=C\c2ccc(/C=N\NC(=O)COc3nc(C)cc(COC)c3C#N)cc2)c1C#N. The first kappa shape index (κ1) is 32.8. The molecule has 0 unspecified atom stereocenters. The molecule has 0 aliphatic carbocycles. The average molecular weight is 599 g/mol. The molecule has 44 heavy (non-hydrogen) atoms. The number of amides is 2. The number of nitrogens with one attached hydrogen (secondary N) is 2. The number of nitriles is 2. The fraction of sp³-hybridized carbons (Fsp3) is 0.267. The minimum atomic E-state index is -0.539. The second-order valence-corrected chi connectivity index (χ2v) is 9.13. The number of aromatic nitrogens is 2. The van der Waals surface area contributed by atoms with Crippen LogP contribution in [-0.2, 0) is 32.3 Å². The molecule has 0 aliphatic rings. The smallest absolute Gasteiger partial charge is 0.278 e. The molecule has 0 fully saturated rings. The van der Waals surface area contributed by atoms with Crippen molar-refractivity contribution in [2.45, 2.75) is 27.1 Å². The molecule has 14 nitrogen and oxygen atoms in total. The van der Waals surface area contributed by atoms with Crippen molar-refractivity contribution in [2.24, 2.45) is 10.2 Å². The van der Waals surface area contributed by atoms with Gasteiger partial charge in [0.05, 0.1) is 25.6 Å². The van der Waals surface area contributed by atoms with Crippen LogP contribution in [0.25, 0.3) is 0 Å². The van der Waals surface area contributed by atoms with Gasteiger partial charge in [-0.3, -0.25) is 9.59 Å². The number of nitrogens with zero attached hydrogens (tertiary/aromatic N) is 6. The summed E-state index contributed by atoms with van der Waals surface area (Å²) in [6, 6.07) is 14.4. The van der Waals surface area contributed by atoms with Crippen LogP contribution >= 0.6 is 0 Å². The number of ether oxygens (including phenoxy) is 4. The fourth-order valence-electron chi connectivity index (χ4n) is 3.76. The van der Waals surface area contributed by atoms with Gasteiger partial charge in [-0.25, -0.2) is 20.8 Å². The van der Waals surface area contributed by atoms with Crippen molar-refractivity contribution < 1.29 is 28.5 Å². The monoisotopic (exact) mass is 598 g/mol. The van der Waals surface area contributed by atoms with E-state index in [0.717, 1.165) is 0 Å². The summed E-state index contributed by atoms with van der Waals surface area (Å²) in [7, 11) is 3.03. The second kappa shape index (κ2) is 16.7. The summed E-state index contributed by atoms with van der Waals surface area (Å²) in [6.07, 6.45) is 2.88. The van der Waals surface area contributed by atoms with E-state index in [4.69, 9.17) is 18.9 Å². The molecular formula is C30H30N8O6. The topological polar surface area (TPSA) is 193 Å². The van der Waals surface area contributed by atoms with Gasteiger partial charge in [0.1, 0.15) is 23.3 Å². The Kier molecular flexibility index (Phi) is 12.4. The normalized spacial score (nSPS) is 10.8. The fourth-order valence-corrected chi connectivity index (χ4v) is 3.76. The zero-order valence-corrected chi connectivity index (χ0v) is 24.6. The standard InChI is InChI=1S/C30H30N8O6/c1-19-9-23(15-41-3)25(11-31)29(35-19)43-17-27(39)37-33-13-21-5-7-22(8-6-21)14-34-38-28(40)18-44-30-26(12-32)24(16-42-4)10-20(2)36-30/h5-10,13-14H,15-18H2,1-4H3,(H,37,39)(H,38,40)/b33-13-,34-14-. The van der Waals surface area contributed by atoms with Crippen LogP contribution in [-0.4, -0.2) is 61.6 Å². The number of aryl methyl sites for hydroxylation is 2. The Balaban J connectivity index is 1.46. The molecule has 2 aromatic heterocycles. The van der Waals surface area contributed by atoms with E-state index in [1.165, 1.54) is 26.6 Å². The van der Waals surface area contributed by atoms with E-state index in [-0.39, 0.29) is 36.1 Å². The molecule has 2 heterocycles. The third kappa shape index (κ3) is 9.70. The Hall–Kier alpha value is -5.70. The highest BCUT2D eigenvalue weighted by atomic mass is 16.5. The molecule has 0 aliphatic heterocycles. The van der Waals surface area contributed by atoms with Gasteiger partial charge < -0.3 is 18.9 Å². The van der Waals surface area contributed by atoms with Crippen LogP contribution in [0.1, 0.15) is 44.8 Å². The van der Waals surface area contributed by atoms with Gasteiger partial charge in [-0.1, -0.05) is 24.3 Å². The van der Waals surface area contributed by atoms with Crippen LogP contribution in [0.4, 0.5) is 0 Å². The van der Waals surface area contributed by atoms with Crippen LogP contribution in [0.5, 0.6) is 11.8 Å². The van der Waals surface area contributed by atoms with E-state index in [1.807, 2.05) is 12.1 Å². The summed E-state index contributed by atoms with van der Waals surface area (Å²) >= 11 is 0. The summed E-state index contributed by atoms with van der Waals surface area (Å²) in [5.74, 6) is -0.981. The quantitative estimate of drug-likeness (QED) is 0.205.